The number of aliphatic hydroxyl groups is 1. The largest absolute Gasteiger partial charge is 0.387 e. The van der Waals surface area contributed by atoms with Gasteiger partial charge in [0.15, 0.2) is 0 Å². The fraction of sp³-hybridized carbons (Fsp3) is 0.222. The summed E-state index contributed by atoms with van der Waals surface area (Å²) in [5, 5.41) is 9.83. The molecule has 1 N–H and O–H groups in total. The third-order valence-electron chi connectivity index (χ3n) is 3.79. The molecule has 0 unspecified atom stereocenters. The van der Waals surface area contributed by atoms with Crippen molar-refractivity contribution < 1.29 is 18.3 Å². The van der Waals surface area contributed by atoms with Gasteiger partial charge in [0.25, 0.3) is 0 Å². The van der Waals surface area contributed by atoms with Crippen LogP contribution in [0.2, 0.25) is 0 Å². The SMILES string of the molecule is Cc1ccc(S(=O)(=O)C2=C[C@@H](O)CO[C@H]2c2ccccc2)cc1. The third kappa shape index (κ3) is 3.22. The standard InChI is InChI=1S/C18H18O4S/c1-13-7-9-16(10-8-13)23(20,21)17-11-15(19)12-22-18(17)14-5-3-2-4-6-14/h2-11,15,18-19H,12H2,1H3/t15-,18+/m1/s1. The Morgan fingerprint density at radius 3 is 2.35 bits per heavy atom. The maximum absolute atomic E-state index is 13.0. The lowest BCUT2D eigenvalue weighted by atomic mass is 10.1. The first-order valence-corrected chi connectivity index (χ1v) is 8.85. The molecule has 120 valence electrons. The van der Waals surface area contributed by atoms with Crippen LogP contribution < -0.4 is 0 Å². The Balaban J connectivity index is 2.08. The van der Waals surface area contributed by atoms with E-state index in [1.807, 2.05) is 37.3 Å². The fourth-order valence-corrected chi connectivity index (χ4v) is 4.16. The summed E-state index contributed by atoms with van der Waals surface area (Å²) in [6, 6.07) is 15.8. The molecule has 1 aliphatic heterocycles. The molecule has 2 aromatic rings. The van der Waals surface area contributed by atoms with Crippen LogP contribution in [0, 0.1) is 6.92 Å². The van der Waals surface area contributed by atoms with Gasteiger partial charge in [0.05, 0.1) is 22.5 Å². The summed E-state index contributed by atoms with van der Waals surface area (Å²) in [4.78, 5) is 0.291. The van der Waals surface area contributed by atoms with E-state index < -0.39 is 22.0 Å². The van der Waals surface area contributed by atoms with E-state index in [1.165, 1.54) is 6.08 Å². The highest BCUT2D eigenvalue weighted by Crippen LogP contribution is 2.36. The summed E-state index contributed by atoms with van der Waals surface area (Å²) < 4.78 is 31.6. The quantitative estimate of drug-likeness (QED) is 0.940. The van der Waals surface area contributed by atoms with Crippen LogP contribution in [0.25, 0.3) is 0 Å². The molecule has 0 amide bonds. The van der Waals surface area contributed by atoms with Crippen molar-refractivity contribution >= 4 is 9.84 Å². The van der Waals surface area contributed by atoms with Crippen LogP contribution in [0.1, 0.15) is 17.2 Å². The molecule has 5 heteroatoms. The molecule has 1 aliphatic rings. The Morgan fingerprint density at radius 2 is 1.70 bits per heavy atom. The third-order valence-corrected chi connectivity index (χ3v) is 5.66. The van der Waals surface area contributed by atoms with Gasteiger partial charge >= 0.3 is 0 Å². The maximum atomic E-state index is 13.0. The number of sulfone groups is 1. The summed E-state index contributed by atoms with van der Waals surface area (Å²) in [5.74, 6) is 0. The van der Waals surface area contributed by atoms with Gasteiger partial charge in [0, 0.05) is 0 Å². The van der Waals surface area contributed by atoms with Crippen molar-refractivity contribution in [3.8, 4) is 0 Å². The van der Waals surface area contributed by atoms with Crippen LogP contribution in [-0.4, -0.2) is 26.2 Å². The molecule has 2 aromatic carbocycles. The zero-order valence-electron chi connectivity index (χ0n) is 12.7. The molecule has 0 aliphatic carbocycles. The van der Waals surface area contributed by atoms with Crippen molar-refractivity contribution in [3.05, 3.63) is 76.7 Å². The van der Waals surface area contributed by atoms with Gasteiger partial charge in [-0.15, -0.1) is 0 Å². The number of benzene rings is 2. The van der Waals surface area contributed by atoms with Crippen molar-refractivity contribution in [2.24, 2.45) is 0 Å². The van der Waals surface area contributed by atoms with E-state index in [1.54, 1.807) is 24.3 Å². The zero-order valence-corrected chi connectivity index (χ0v) is 13.5. The number of aryl methyl sites for hydroxylation is 1. The first-order valence-electron chi connectivity index (χ1n) is 7.36. The zero-order chi connectivity index (χ0) is 16.4. The van der Waals surface area contributed by atoms with E-state index in [2.05, 4.69) is 0 Å². The Bertz CT molecular complexity index is 808. The molecule has 3 rings (SSSR count). The van der Waals surface area contributed by atoms with Gasteiger partial charge in [-0.05, 0) is 30.7 Å². The fourth-order valence-electron chi connectivity index (χ4n) is 2.57. The van der Waals surface area contributed by atoms with Crippen LogP contribution in [0.5, 0.6) is 0 Å². The molecule has 0 bridgehead atoms. The maximum Gasteiger partial charge on any atom is 0.205 e. The van der Waals surface area contributed by atoms with Crippen molar-refractivity contribution in [1.29, 1.82) is 0 Å². The average molecular weight is 330 g/mol. The Morgan fingerprint density at radius 1 is 1.04 bits per heavy atom. The van der Waals surface area contributed by atoms with E-state index in [-0.39, 0.29) is 16.4 Å². The van der Waals surface area contributed by atoms with Crippen LogP contribution in [-0.2, 0) is 14.6 Å². The molecule has 0 radical (unpaired) electrons. The van der Waals surface area contributed by atoms with Crippen LogP contribution in [0.3, 0.4) is 0 Å². The second kappa shape index (κ2) is 6.28. The highest BCUT2D eigenvalue weighted by Gasteiger charge is 2.33. The number of rotatable bonds is 3. The lowest BCUT2D eigenvalue weighted by molar-refractivity contribution is 0.0116. The molecule has 0 fully saturated rings. The van der Waals surface area contributed by atoms with E-state index in [0.717, 1.165) is 11.1 Å². The molecular weight excluding hydrogens is 312 g/mol. The molecule has 0 spiro atoms. The molecule has 0 saturated heterocycles. The molecule has 23 heavy (non-hydrogen) atoms. The van der Waals surface area contributed by atoms with Crippen LogP contribution in [0.15, 0.2) is 70.5 Å². The van der Waals surface area contributed by atoms with Crippen molar-refractivity contribution in [1.82, 2.24) is 0 Å². The molecule has 4 nitrogen and oxygen atoms in total. The minimum Gasteiger partial charge on any atom is -0.387 e. The smallest absolute Gasteiger partial charge is 0.205 e. The van der Waals surface area contributed by atoms with Gasteiger partial charge in [-0.25, -0.2) is 8.42 Å². The van der Waals surface area contributed by atoms with E-state index >= 15 is 0 Å². The second-order valence-electron chi connectivity index (χ2n) is 5.58. The Hall–Kier alpha value is -1.95. The summed E-state index contributed by atoms with van der Waals surface area (Å²) in [5.41, 5.74) is 1.74. The Kier molecular flexibility index (Phi) is 4.35. The van der Waals surface area contributed by atoms with Crippen LogP contribution >= 0.6 is 0 Å². The second-order valence-corrected chi connectivity index (χ2v) is 7.53. The van der Waals surface area contributed by atoms with Crippen molar-refractivity contribution in [3.63, 3.8) is 0 Å². The first kappa shape index (κ1) is 15.9. The predicted molar refractivity (Wildman–Crippen MR) is 87.6 cm³/mol. The lowest BCUT2D eigenvalue weighted by Crippen LogP contribution is -2.27. The topological polar surface area (TPSA) is 63.6 Å². The van der Waals surface area contributed by atoms with Gasteiger partial charge in [-0.3, -0.25) is 0 Å². The molecule has 2 atom stereocenters. The number of hydrogen-bond donors (Lipinski definition) is 1. The molecule has 1 heterocycles. The number of hydrogen-bond acceptors (Lipinski definition) is 4. The number of aliphatic hydroxyl groups excluding tert-OH is 1. The monoisotopic (exact) mass is 330 g/mol. The molecular formula is C18H18O4S. The Labute approximate surface area is 136 Å². The van der Waals surface area contributed by atoms with E-state index in [9.17, 15) is 13.5 Å². The van der Waals surface area contributed by atoms with Gasteiger partial charge in [-0.2, -0.15) is 0 Å². The minimum atomic E-state index is -3.73. The summed E-state index contributed by atoms with van der Waals surface area (Å²) in [7, 11) is -3.73. The first-order chi connectivity index (χ1) is 11.0. The highest BCUT2D eigenvalue weighted by molar-refractivity contribution is 7.95. The van der Waals surface area contributed by atoms with Crippen LogP contribution in [0.4, 0.5) is 0 Å². The van der Waals surface area contributed by atoms with Gasteiger partial charge in [0.2, 0.25) is 9.84 Å². The predicted octanol–water partition coefficient (Wildman–Crippen LogP) is 2.79. The summed E-state index contributed by atoms with van der Waals surface area (Å²) >= 11 is 0. The number of ether oxygens (including phenoxy) is 1. The summed E-state index contributed by atoms with van der Waals surface area (Å²) in [6.45, 7) is 1.97. The average Bonchev–Trinajstić information content (AvgIpc) is 2.56. The van der Waals surface area contributed by atoms with Gasteiger partial charge in [0.1, 0.15) is 6.10 Å². The van der Waals surface area contributed by atoms with E-state index in [4.69, 9.17) is 4.74 Å². The minimum absolute atomic E-state index is 0.0759. The van der Waals surface area contributed by atoms with Gasteiger partial charge < -0.3 is 9.84 Å². The molecule has 0 aromatic heterocycles. The van der Waals surface area contributed by atoms with Crippen molar-refractivity contribution in [2.75, 3.05) is 6.61 Å². The lowest BCUT2D eigenvalue weighted by Gasteiger charge is -2.27. The summed E-state index contributed by atoms with van der Waals surface area (Å²) in [6.07, 6.45) is -0.243. The van der Waals surface area contributed by atoms with E-state index in [0.29, 0.717) is 0 Å². The highest BCUT2D eigenvalue weighted by atomic mass is 32.2. The van der Waals surface area contributed by atoms with Gasteiger partial charge in [-0.1, -0.05) is 48.0 Å². The van der Waals surface area contributed by atoms with Crippen molar-refractivity contribution in [2.45, 2.75) is 24.0 Å². The normalized spacial score (nSPS) is 21.7. The molecule has 0 saturated carbocycles.